The van der Waals surface area contributed by atoms with Crippen LogP contribution in [0.1, 0.15) is 78.2 Å². The lowest BCUT2D eigenvalue weighted by atomic mass is 9.43. The lowest BCUT2D eigenvalue weighted by molar-refractivity contribution is -0.149. The maximum Gasteiger partial charge on any atom is 0.319 e. The van der Waals surface area contributed by atoms with Gasteiger partial charge in [0.15, 0.2) is 0 Å². The highest BCUT2D eigenvalue weighted by Crippen LogP contribution is 2.64. The number of nitriles is 1. The van der Waals surface area contributed by atoms with E-state index in [1.807, 2.05) is 36.0 Å². The van der Waals surface area contributed by atoms with E-state index in [1.165, 1.54) is 24.8 Å². The van der Waals surface area contributed by atoms with Crippen molar-refractivity contribution in [3.63, 3.8) is 0 Å². The standard InChI is InChI=1S/C31H42N4O2/c1-19-6-9-25-23(8-11-27-30(2,3)28(36)12-14-31(25,27)4)22(19)13-15-33-29(37)34-21-7-10-26-24(16-21)20(17-32)18-35(26)5/h7,10,16,18,23,25,27-28,36H,6,8-9,11-15H2,1-5H3,(H2,33,34,37)/t23-,25-,27-,28-,31+/m0/s1. The van der Waals surface area contributed by atoms with Crippen LogP contribution < -0.4 is 10.6 Å². The predicted molar refractivity (Wildman–Crippen MR) is 148 cm³/mol. The molecule has 6 heteroatoms. The lowest BCUT2D eigenvalue weighted by Crippen LogP contribution is -2.57. The number of fused-ring (bicyclic) bond motifs is 4. The summed E-state index contributed by atoms with van der Waals surface area (Å²) in [5, 5.41) is 27.0. The molecule has 1 aromatic heterocycles. The van der Waals surface area contributed by atoms with E-state index in [0.717, 1.165) is 36.6 Å². The molecular weight excluding hydrogens is 460 g/mol. The number of amides is 2. The first kappa shape index (κ1) is 25.9. The van der Waals surface area contributed by atoms with Gasteiger partial charge in [0.1, 0.15) is 6.07 Å². The predicted octanol–water partition coefficient (Wildman–Crippen LogP) is 6.50. The Hall–Kier alpha value is -2.78. The second-order valence-corrected chi connectivity index (χ2v) is 12.7. The molecule has 2 saturated carbocycles. The Balaban J connectivity index is 1.23. The van der Waals surface area contributed by atoms with Gasteiger partial charge >= 0.3 is 6.03 Å². The van der Waals surface area contributed by atoms with Crippen molar-refractivity contribution in [1.82, 2.24) is 9.88 Å². The molecule has 5 atom stereocenters. The van der Waals surface area contributed by atoms with Crippen LogP contribution in [0, 0.1) is 39.9 Å². The smallest absolute Gasteiger partial charge is 0.319 e. The van der Waals surface area contributed by atoms with Gasteiger partial charge < -0.3 is 20.3 Å². The van der Waals surface area contributed by atoms with Gasteiger partial charge in [0.2, 0.25) is 0 Å². The fourth-order valence-electron chi connectivity index (χ4n) is 8.47. The number of hydrogen-bond acceptors (Lipinski definition) is 3. The molecule has 6 nitrogen and oxygen atoms in total. The summed E-state index contributed by atoms with van der Waals surface area (Å²) in [7, 11) is 1.92. The van der Waals surface area contributed by atoms with E-state index in [0.29, 0.717) is 35.5 Å². The van der Waals surface area contributed by atoms with Gasteiger partial charge in [-0.15, -0.1) is 0 Å². The van der Waals surface area contributed by atoms with Gasteiger partial charge in [0.05, 0.1) is 11.7 Å². The van der Waals surface area contributed by atoms with Crippen molar-refractivity contribution in [3.8, 4) is 6.07 Å². The summed E-state index contributed by atoms with van der Waals surface area (Å²) < 4.78 is 1.93. The number of allylic oxidation sites excluding steroid dienone is 1. The SMILES string of the molecule is CC1=C(CCNC(=O)Nc2ccc3c(c2)c(C#N)cn3C)[C@@H]2CC[C@H]3C(C)(C)[C@@H](O)CC[C@]3(C)[C@H]2CC1. The number of aliphatic hydroxyl groups is 1. The molecule has 2 amide bonds. The third-order valence-corrected chi connectivity index (χ3v) is 10.5. The summed E-state index contributed by atoms with van der Waals surface area (Å²) in [6.45, 7) is 9.97. The van der Waals surface area contributed by atoms with Crippen LogP contribution in [0.2, 0.25) is 0 Å². The Kier molecular flexibility index (Phi) is 6.64. The largest absolute Gasteiger partial charge is 0.393 e. The number of carbonyl (C=O) groups is 1. The summed E-state index contributed by atoms with van der Waals surface area (Å²) in [6, 6.07) is 7.70. The van der Waals surface area contributed by atoms with Crippen molar-refractivity contribution in [2.45, 2.75) is 78.7 Å². The minimum absolute atomic E-state index is 0.0231. The van der Waals surface area contributed by atoms with Gasteiger partial charge in [-0.05, 0) is 98.7 Å². The summed E-state index contributed by atoms with van der Waals surface area (Å²) in [4.78, 5) is 12.7. The minimum atomic E-state index is -0.210. The molecule has 0 saturated heterocycles. The first-order valence-corrected chi connectivity index (χ1v) is 14.0. The fraction of sp³-hybridized carbons (Fsp3) is 0.613. The maximum atomic E-state index is 12.7. The van der Waals surface area contributed by atoms with Crippen LogP contribution in [0.15, 0.2) is 35.5 Å². The highest BCUT2D eigenvalue weighted by atomic mass is 16.3. The van der Waals surface area contributed by atoms with Crippen molar-refractivity contribution in [3.05, 3.63) is 41.1 Å². The van der Waals surface area contributed by atoms with E-state index >= 15 is 0 Å². The number of nitrogens with one attached hydrogen (secondary N) is 2. The van der Waals surface area contributed by atoms with Gasteiger partial charge in [0, 0.05) is 36.4 Å². The van der Waals surface area contributed by atoms with Crippen LogP contribution in [0.4, 0.5) is 10.5 Å². The Morgan fingerprint density at radius 3 is 2.76 bits per heavy atom. The molecule has 0 unspecified atom stereocenters. The van der Waals surface area contributed by atoms with Crippen LogP contribution >= 0.6 is 0 Å². The molecule has 0 radical (unpaired) electrons. The molecule has 198 valence electrons. The second kappa shape index (κ2) is 9.51. The van der Waals surface area contributed by atoms with Crippen molar-refractivity contribution < 1.29 is 9.90 Å². The number of rotatable bonds is 4. The number of aryl methyl sites for hydroxylation is 1. The van der Waals surface area contributed by atoms with Gasteiger partial charge in [0.25, 0.3) is 0 Å². The van der Waals surface area contributed by atoms with E-state index in [4.69, 9.17) is 0 Å². The average molecular weight is 503 g/mol. The Morgan fingerprint density at radius 2 is 2.00 bits per heavy atom. The van der Waals surface area contributed by atoms with Crippen LogP contribution in [-0.2, 0) is 7.05 Å². The topological polar surface area (TPSA) is 90.1 Å². The van der Waals surface area contributed by atoms with Gasteiger partial charge in [-0.3, -0.25) is 0 Å². The van der Waals surface area contributed by atoms with E-state index in [1.54, 1.807) is 5.57 Å². The summed E-state index contributed by atoms with van der Waals surface area (Å²) in [6.07, 6.45) is 9.31. The molecule has 2 fully saturated rings. The number of aromatic nitrogens is 1. The first-order valence-electron chi connectivity index (χ1n) is 14.0. The Morgan fingerprint density at radius 1 is 1.22 bits per heavy atom. The molecule has 3 aliphatic rings. The zero-order valence-electron chi connectivity index (χ0n) is 23.0. The quantitative estimate of drug-likeness (QED) is 0.417. The molecule has 0 aliphatic heterocycles. The minimum Gasteiger partial charge on any atom is -0.393 e. The fourth-order valence-corrected chi connectivity index (χ4v) is 8.47. The summed E-state index contributed by atoms with van der Waals surface area (Å²) in [5.41, 5.74) is 5.59. The number of carbonyl (C=O) groups excluding carboxylic acids is 1. The lowest BCUT2D eigenvalue weighted by Gasteiger charge is -2.62. The normalized spacial score (nSPS) is 30.8. The van der Waals surface area contributed by atoms with E-state index in [9.17, 15) is 15.2 Å². The zero-order chi connectivity index (χ0) is 26.5. The van der Waals surface area contributed by atoms with E-state index in [-0.39, 0.29) is 23.0 Å². The number of nitrogens with zero attached hydrogens (tertiary/aromatic N) is 2. The zero-order valence-corrected chi connectivity index (χ0v) is 23.0. The number of anilines is 1. The van der Waals surface area contributed by atoms with E-state index < -0.39 is 0 Å². The number of benzene rings is 1. The van der Waals surface area contributed by atoms with Crippen molar-refractivity contribution in [2.24, 2.45) is 35.6 Å². The molecule has 37 heavy (non-hydrogen) atoms. The van der Waals surface area contributed by atoms with Gasteiger partial charge in [-0.1, -0.05) is 31.9 Å². The number of hydrogen-bond donors (Lipinski definition) is 3. The molecular formula is C31H42N4O2. The third-order valence-electron chi connectivity index (χ3n) is 10.5. The van der Waals surface area contributed by atoms with Crippen LogP contribution in [0.3, 0.4) is 0 Å². The van der Waals surface area contributed by atoms with Crippen LogP contribution in [0.5, 0.6) is 0 Å². The van der Waals surface area contributed by atoms with Crippen molar-refractivity contribution >= 4 is 22.6 Å². The summed E-state index contributed by atoms with van der Waals surface area (Å²) >= 11 is 0. The van der Waals surface area contributed by atoms with Gasteiger partial charge in [-0.2, -0.15) is 5.26 Å². The molecule has 5 rings (SSSR count). The van der Waals surface area contributed by atoms with E-state index in [2.05, 4.69) is 44.4 Å². The van der Waals surface area contributed by atoms with Crippen LogP contribution in [0.25, 0.3) is 10.9 Å². The van der Waals surface area contributed by atoms with Crippen LogP contribution in [-0.4, -0.2) is 28.4 Å². The molecule has 0 spiro atoms. The Labute approximate surface area is 221 Å². The maximum absolute atomic E-state index is 12.7. The monoisotopic (exact) mass is 502 g/mol. The molecule has 0 bridgehead atoms. The molecule has 3 N–H and O–H groups in total. The Bertz CT molecular complexity index is 1280. The second-order valence-electron chi connectivity index (χ2n) is 12.7. The molecule has 1 heterocycles. The van der Waals surface area contributed by atoms with Crippen molar-refractivity contribution in [1.29, 1.82) is 5.26 Å². The number of urea groups is 1. The molecule has 3 aliphatic carbocycles. The number of aliphatic hydroxyl groups excluding tert-OH is 1. The average Bonchev–Trinajstić information content (AvgIpc) is 3.18. The third kappa shape index (κ3) is 4.36. The van der Waals surface area contributed by atoms with Gasteiger partial charge in [-0.25, -0.2) is 4.79 Å². The first-order chi connectivity index (χ1) is 17.6. The molecule has 2 aromatic rings. The highest BCUT2D eigenvalue weighted by Gasteiger charge is 2.58. The van der Waals surface area contributed by atoms with Crippen molar-refractivity contribution in [2.75, 3.05) is 11.9 Å². The summed E-state index contributed by atoms with van der Waals surface area (Å²) in [5.74, 6) is 1.82. The molecule has 1 aromatic carbocycles. The highest BCUT2D eigenvalue weighted by molar-refractivity contribution is 5.94.